The maximum absolute atomic E-state index is 12.5. The van der Waals surface area contributed by atoms with E-state index in [4.69, 9.17) is 9.15 Å². The molecule has 2 heterocycles. The second-order valence-electron chi connectivity index (χ2n) is 7.00. The van der Waals surface area contributed by atoms with Gasteiger partial charge in [-0.2, -0.15) is 0 Å². The standard InChI is InChI=1S/C25H19NO3/c1-28-25(27)20-12-7-11-19-21(23-14-18-10-5-6-13-22(18)29-23)16-26(24(19)20)15-17-8-3-2-4-9-17/h2-14,16H,15H2,1H3. The van der Waals surface area contributed by atoms with E-state index in [1.54, 1.807) is 6.07 Å². The minimum absolute atomic E-state index is 0.348. The number of fused-ring (bicyclic) bond motifs is 2. The second-order valence-corrected chi connectivity index (χ2v) is 7.00. The van der Waals surface area contributed by atoms with E-state index in [-0.39, 0.29) is 5.97 Å². The monoisotopic (exact) mass is 381 g/mol. The quantitative estimate of drug-likeness (QED) is 0.365. The number of aromatic nitrogens is 1. The summed E-state index contributed by atoms with van der Waals surface area (Å²) >= 11 is 0. The van der Waals surface area contributed by atoms with Crippen molar-refractivity contribution in [3.8, 4) is 11.3 Å². The van der Waals surface area contributed by atoms with Crippen LogP contribution in [0.2, 0.25) is 0 Å². The smallest absolute Gasteiger partial charge is 0.340 e. The molecule has 3 aromatic carbocycles. The van der Waals surface area contributed by atoms with Crippen LogP contribution >= 0.6 is 0 Å². The minimum atomic E-state index is -0.348. The number of hydrogen-bond acceptors (Lipinski definition) is 3. The summed E-state index contributed by atoms with van der Waals surface area (Å²) in [4.78, 5) is 12.5. The zero-order valence-corrected chi connectivity index (χ0v) is 16.0. The fourth-order valence-electron chi connectivity index (χ4n) is 3.85. The van der Waals surface area contributed by atoms with Gasteiger partial charge in [-0.3, -0.25) is 0 Å². The van der Waals surface area contributed by atoms with Gasteiger partial charge in [0.05, 0.1) is 18.2 Å². The van der Waals surface area contributed by atoms with Gasteiger partial charge < -0.3 is 13.7 Å². The van der Waals surface area contributed by atoms with Crippen LogP contribution < -0.4 is 0 Å². The number of methoxy groups -OCH3 is 1. The molecule has 5 aromatic rings. The molecule has 0 radical (unpaired) electrons. The Kier molecular flexibility index (Phi) is 4.17. The molecular formula is C25H19NO3. The SMILES string of the molecule is COC(=O)c1cccc2c(-c3cc4ccccc4o3)cn(Cc3ccccc3)c12. The van der Waals surface area contributed by atoms with Gasteiger partial charge in [-0.1, -0.05) is 60.7 Å². The molecule has 0 spiro atoms. The topological polar surface area (TPSA) is 44.4 Å². The fourth-order valence-corrected chi connectivity index (χ4v) is 3.85. The molecule has 0 bridgehead atoms. The molecule has 4 heteroatoms. The molecule has 29 heavy (non-hydrogen) atoms. The zero-order valence-electron chi connectivity index (χ0n) is 16.0. The fraction of sp³-hybridized carbons (Fsp3) is 0.0800. The van der Waals surface area contributed by atoms with Crippen molar-refractivity contribution in [1.29, 1.82) is 0 Å². The van der Waals surface area contributed by atoms with E-state index in [0.29, 0.717) is 12.1 Å². The molecule has 4 nitrogen and oxygen atoms in total. The number of furan rings is 1. The van der Waals surface area contributed by atoms with Crippen molar-refractivity contribution >= 4 is 27.8 Å². The van der Waals surface area contributed by atoms with Crippen LogP contribution in [0.4, 0.5) is 0 Å². The van der Waals surface area contributed by atoms with Crippen LogP contribution in [0.3, 0.4) is 0 Å². The van der Waals surface area contributed by atoms with Gasteiger partial charge in [0, 0.05) is 29.1 Å². The Balaban J connectivity index is 1.75. The number of benzene rings is 3. The third-order valence-corrected chi connectivity index (χ3v) is 5.19. The van der Waals surface area contributed by atoms with E-state index in [1.807, 2.05) is 60.7 Å². The van der Waals surface area contributed by atoms with E-state index in [2.05, 4.69) is 22.9 Å². The normalized spacial score (nSPS) is 11.2. The summed E-state index contributed by atoms with van der Waals surface area (Å²) in [5.74, 6) is 0.434. The second kappa shape index (κ2) is 6.99. The third-order valence-electron chi connectivity index (χ3n) is 5.19. The lowest BCUT2D eigenvalue weighted by Crippen LogP contribution is -2.06. The largest absolute Gasteiger partial charge is 0.465 e. The summed E-state index contributed by atoms with van der Waals surface area (Å²) in [5, 5.41) is 2.01. The van der Waals surface area contributed by atoms with Gasteiger partial charge in [-0.15, -0.1) is 0 Å². The Morgan fingerprint density at radius 1 is 0.966 bits per heavy atom. The lowest BCUT2D eigenvalue weighted by molar-refractivity contribution is 0.0602. The molecule has 142 valence electrons. The first-order chi connectivity index (χ1) is 14.2. The van der Waals surface area contributed by atoms with Crippen molar-refractivity contribution in [3.05, 3.63) is 96.2 Å². The first kappa shape index (κ1) is 17.3. The highest BCUT2D eigenvalue weighted by Crippen LogP contribution is 2.36. The molecule has 5 rings (SSSR count). The lowest BCUT2D eigenvalue weighted by atomic mass is 10.1. The van der Waals surface area contributed by atoms with Crippen LogP contribution in [-0.2, 0) is 11.3 Å². The minimum Gasteiger partial charge on any atom is -0.465 e. The summed E-state index contributed by atoms with van der Waals surface area (Å²) in [7, 11) is 1.41. The van der Waals surface area contributed by atoms with Crippen LogP contribution in [0.15, 0.2) is 89.5 Å². The average molecular weight is 381 g/mol. The van der Waals surface area contributed by atoms with Crippen LogP contribution in [0, 0.1) is 0 Å². The molecule has 0 aliphatic rings. The van der Waals surface area contributed by atoms with Gasteiger partial charge in [0.1, 0.15) is 11.3 Å². The molecule has 0 saturated carbocycles. The predicted molar refractivity (Wildman–Crippen MR) is 114 cm³/mol. The van der Waals surface area contributed by atoms with Crippen LogP contribution in [0.5, 0.6) is 0 Å². The van der Waals surface area contributed by atoms with Gasteiger partial charge >= 0.3 is 5.97 Å². The zero-order chi connectivity index (χ0) is 19.8. The van der Waals surface area contributed by atoms with Gasteiger partial charge in [-0.25, -0.2) is 4.79 Å². The Labute approximate surface area is 167 Å². The van der Waals surface area contributed by atoms with Gasteiger partial charge in [-0.05, 0) is 23.8 Å². The maximum Gasteiger partial charge on any atom is 0.340 e. The Morgan fingerprint density at radius 2 is 1.76 bits per heavy atom. The van der Waals surface area contributed by atoms with E-state index in [1.165, 1.54) is 7.11 Å². The third kappa shape index (κ3) is 2.99. The van der Waals surface area contributed by atoms with Crippen LogP contribution in [0.25, 0.3) is 33.2 Å². The van der Waals surface area contributed by atoms with Crippen LogP contribution in [0.1, 0.15) is 15.9 Å². The van der Waals surface area contributed by atoms with Crippen molar-refractivity contribution in [1.82, 2.24) is 4.57 Å². The number of para-hydroxylation sites is 2. The predicted octanol–water partition coefficient (Wildman–Crippen LogP) is 5.89. The van der Waals surface area contributed by atoms with E-state index < -0.39 is 0 Å². The number of carbonyl (C=O) groups is 1. The van der Waals surface area contributed by atoms with Crippen molar-refractivity contribution in [2.24, 2.45) is 0 Å². The highest BCUT2D eigenvalue weighted by atomic mass is 16.5. The number of hydrogen-bond donors (Lipinski definition) is 0. The number of esters is 1. The summed E-state index contributed by atoms with van der Waals surface area (Å²) in [5.41, 5.74) is 4.34. The Hall–Kier alpha value is -3.79. The van der Waals surface area contributed by atoms with Gasteiger partial charge in [0.25, 0.3) is 0 Å². The van der Waals surface area contributed by atoms with Gasteiger partial charge in [0.2, 0.25) is 0 Å². The summed E-state index contributed by atoms with van der Waals surface area (Å²) in [6.07, 6.45) is 2.06. The van der Waals surface area contributed by atoms with Crippen molar-refractivity contribution in [2.45, 2.75) is 6.54 Å². The molecule has 0 saturated heterocycles. The maximum atomic E-state index is 12.5. The number of carbonyl (C=O) groups excluding carboxylic acids is 1. The molecule has 0 aliphatic heterocycles. The van der Waals surface area contributed by atoms with E-state index in [0.717, 1.165) is 38.8 Å². The molecule has 0 N–H and O–H groups in total. The van der Waals surface area contributed by atoms with Crippen molar-refractivity contribution < 1.29 is 13.9 Å². The van der Waals surface area contributed by atoms with Crippen molar-refractivity contribution in [3.63, 3.8) is 0 Å². The average Bonchev–Trinajstić information content (AvgIpc) is 3.35. The summed E-state index contributed by atoms with van der Waals surface area (Å²) < 4.78 is 13.3. The molecule has 0 fully saturated rings. The molecule has 0 aliphatic carbocycles. The molecule has 0 unspecified atom stereocenters. The molecule has 0 amide bonds. The Morgan fingerprint density at radius 3 is 2.55 bits per heavy atom. The number of nitrogens with zero attached hydrogens (tertiary/aromatic N) is 1. The van der Waals surface area contributed by atoms with Gasteiger partial charge in [0.15, 0.2) is 0 Å². The number of ether oxygens (including phenoxy) is 1. The summed E-state index contributed by atoms with van der Waals surface area (Å²) in [6, 6.07) is 25.9. The van der Waals surface area contributed by atoms with Crippen LogP contribution in [-0.4, -0.2) is 17.6 Å². The highest BCUT2D eigenvalue weighted by Gasteiger charge is 2.20. The van der Waals surface area contributed by atoms with E-state index in [9.17, 15) is 4.79 Å². The first-order valence-corrected chi connectivity index (χ1v) is 9.47. The van der Waals surface area contributed by atoms with Crippen molar-refractivity contribution in [2.75, 3.05) is 7.11 Å². The molecule has 2 aromatic heterocycles. The lowest BCUT2D eigenvalue weighted by Gasteiger charge is -2.09. The molecular weight excluding hydrogens is 362 g/mol. The summed E-state index contributed by atoms with van der Waals surface area (Å²) in [6.45, 7) is 0.644. The highest BCUT2D eigenvalue weighted by molar-refractivity contribution is 6.08. The molecule has 0 atom stereocenters. The Bertz CT molecular complexity index is 1300. The number of rotatable bonds is 4. The first-order valence-electron chi connectivity index (χ1n) is 9.47. The van der Waals surface area contributed by atoms with E-state index >= 15 is 0 Å².